The number of benzene rings is 2. The molecule has 2 rings (SSSR count). The van der Waals surface area contributed by atoms with Crippen LogP contribution >= 0.6 is 0 Å². The number of nitrogens with one attached hydrogen (secondary N) is 3. The van der Waals surface area contributed by atoms with Gasteiger partial charge in [-0.1, -0.05) is 48.0 Å². The van der Waals surface area contributed by atoms with Crippen molar-refractivity contribution in [3.63, 3.8) is 0 Å². The summed E-state index contributed by atoms with van der Waals surface area (Å²) in [6, 6.07) is 15.5. The molecule has 7 heteroatoms. The molecule has 0 saturated carbocycles. The fraction of sp³-hybridized carbons (Fsp3) is 0.316. The fourth-order valence-electron chi connectivity index (χ4n) is 2.48. The van der Waals surface area contributed by atoms with E-state index in [1.807, 2.05) is 31.2 Å². The van der Waals surface area contributed by atoms with Crippen molar-refractivity contribution in [2.24, 2.45) is 4.99 Å². The van der Waals surface area contributed by atoms with Crippen molar-refractivity contribution in [2.45, 2.75) is 26.9 Å². The Kier molecular flexibility index (Phi) is 7.03. The van der Waals surface area contributed by atoms with Gasteiger partial charge in [-0.25, -0.2) is 13.4 Å². The molecule has 0 aromatic heterocycles. The van der Waals surface area contributed by atoms with Crippen LogP contribution in [0.2, 0.25) is 0 Å². The zero-order chi connectivity index (χ0) is 19.0. The Morgan fingerprint density at radius 1 is 1.08 bits per heavy atom. The number of hydrogen-bond acceptors (Lipinski definition) is 3. The first-order valence-electron chi connectivity index (χ1n) is 8.51. The third-order valence-electron chi connectivity index (χ3n) is 3.61. The van der Waals surface area contributed by atoms with E-state index in [2.05, 4.69) is 39.4 Å². The third-order valence-corrected chi connectivity index (χ3v) is 4.20. The molecule has 0 heterocycles. The van der Waals surface area contributed by atoms with Gasteiger partial charge in [-0.15, -0.1) is 0 Å². The van der Waals surface area contributed by atoms with Gasteiger partial charge in [-0.2, -0.15) is 0 Å². The second-order valence-electron chi connectivity index (χ2n) is 6.07. The van der Waals surface area contributed by atoms with Crippen LogP contribution in [0.15, 0.2) is 53.5 Å². The van der Waals surface area contributed by atoms with E-state index in [1.165, 1.54) is 5.56 Å². The van der Waals surface area contributed by atoms with Gasteiger partial charge in [0.1, 0.15) is 0 Å². The van der Waals surface area contributed by atoms with Gasteiger partial charge >= 0.3 is 0 Å². The van der Waals surface area contributed by atoms with Crippen molar-refractivity contribution in [1.29, 1.82) is 0 Å². The van der Waals surface area contributed by atoms with Crippen LogP contribution in [0.25, 0.3) is 0 Å². The second kappa shape index (κ2) is 9.24. The molecule has 0 aliphatic heterocycles. The number of anilines is 1. The molecule has 0 aliphatic carbocycles. The first-order valence-corrected chi connectivity index (χ1v) is 10.4. The summed E-state index contributed by atoms with van der Waals surface area (Å²) in [5, 5.41) is 6.46. The molecular formula is C19H26N4O2S. The van der Waals surface area contributed by atoms with Crippen LogP contribution in [0.3, 0.4) is 0 Å². The van der Waals surface area contributed by atoms with Gasteiger partial charge in [0.25, 0.3) is 0 Å². The van der Waals surface area contributed by atoms with Crippen LogP contribution in [-0.4, -0.2) is 27.2 Å². The van der Waals surface area contributed by atoms with Gasteiger partial charge in [-0.3, -0.25) is 4.72 Å². The van der Waals surface area contributed by atoms with Gasteiger partial charge in [0, 0.05) is 13.1 Å². The zero-order valence-electron chi connectivity index (χ0n) is 15.4. The van der Waals surface area contributed by atoms with E-state index in [4.69, 9.17) is 0 Å². The maximum absolute atomic E-state index is 11.5. The van der Waals surface area contributed by atoms with Crippen LogP contribution < -0.4 is 15.4 Å². The Morgan fingerprint density at radius 3 is 2.54 bits per heavy atom. The summed E-state index contributed by atoms with van der Waals surface area (Å²) >= 11 is 0. The number of hydrogen-bond donors (Lipinski definition) is 3. The number of sulfonamides is 1. The summed E-state index contributed by atoms with van der Waals surface area (Å²) < 4.78 is 25.6. The summed E-state index contributed by atoms with van der Waals surface area (Å²) in [6.45, 7) is 5.83. The predicted molar refractivity (Wildman–Crippen MR) is 108 cm³/mol. The van der Waals surface area contributed by atoms with Crippen molar-refractivity contribution >= 4 is 21.7 Å². The highest BCUT2D eigenvalue weighted by Gasteiger charge is 2.07. The molecule has 0 aliphatic rings. The fourth-order valence-corrected chi connectivity index (χ4v) is 3.07. The Hall–Kier alpha value is -2.54. The van der Waals surface area contributed by atoms with Gasteiger partial charge < -0.3 is 10.6 Å². The van der Waals surface area contributed by atoms with Gasteiger partial charge in [0.05, 0.1) is 18.5 Å². The highest BCUT2D eigenvalue weighted by molar-refractivity contribution is 7.92. The van der Waals surface area contributed by atoms with Gasteiger partial charge in [-0.05, 0) is 31.0 Å². The summed E-state index contributed by atoms with van der Waals surface area (Å²) in [7, 11) is -3.32. The predicted octanol–water partition coefficient (Wildman–Crippen LogP) is 2.62. The quantitative estimate of drug-likeness (QED) is 0.514. The molecule has 6 nitrogen and oxygen atoms in total. The average Bonchev–Trinajstić information content (AvgIpc) is 2.57. The monoisotopic (exact) mass is 374 g/mol. The molecule has 0 fully saturated rings. The van der Waals surface area contributed by atoms with E-state index < -0.39 is 10.0 Å². The third kappa shape index (κ3) is 6.76. The zero-order valence-corrected chi connectivity index (χ0v) is 16.2. The number of guanidine groups is 1. The van der Waals surface area contributed by atoms with E-state index in [9.17, 15) is 8.42 Å². The van der Waals surface area contributed by atoms with Crippen molar-refractivity contribution in [1.82, 2.24) is 10.6 Å². The normalized spacial score (nSPS) is 11.9. The largest absolute Gasteiger partial charge is 0.357 e. The lowest BCUT2D eigenvalue weighted by atomic mass is 10.1. The minimum Gasteiger partial charge on any atom is -0.357 e. The van der Waals surface area contributed by atoms with Crippen LogP contribution in [0, 0.1) is 6.92 Å². The van der Waals surface area contributed by atoms with Crippen molar-refractivity contribution in [2.75, 3.05) is 17.5 Å². The molecule has 0 bridgehead atoms. The molecule has 0 atom stereocenters. The van der Waals surface area contributed by atoms with Gasteiger partial charge in [0.2, 0.25) is 10.0 Å². The van der Waals surface area contributed by atoms with E-state index >= 15 is 0 Å². The topological polar surface area (TPSA) is 82.6 Å². The minimum absolute atomic E-state index is 0.457. The highest BCUT2D eigenvalue weighted by atomic mass is 32.2. The van der Waals surface area contributed by atoms with E-state index in [-0.39, 0.29) is 0 Å². The molecule has 2 aromatic rings. The lowest BCUT2D eigenvalue weighted by Crippen LogP contribution is -2.37. The number of nitrogens with zero attached hydrogens (tertiary/aromatic N) is 1. The number of aryl methyl sites for hydroxylation is 1. The second-order valence-corrected chi connectivity index (χ2v) is 7.82. The number of aliphatic imine (C=N–C) groups is 1. The van der Waals surface area contributed by atoms with Crippen LogP contribution in [-0.2, 0) is 23.1 Å². The standard InChI is InChI=1S/C19H26N4O2S/c1-4-20-19(21-13-16-9-7-8-15(2)12-16)22-14-17-10-5-6-11-18(17)23-26(3,24)25/h5-12,23H,4,13-14H2,1-3H3,(H2,20,21,22). The summed E-state index contributed by atoms with van der Waals surface area (Å²) in [5.41, 5.74) is 3.76. The average molecular weight is 375 g/mol. The van der Waals surface area contributed by atoms with Crippen LogP contribution in [0.4, 0.5) is 5.69 Å². The Balaban J connectivity index is 2.08. The highest BCUT2D eigenvalue weighted by Crippen LogP contribution is 2.16. The Labute approximate surface area is 155 Å². The first-order chi connectivity index (χ1) is 12.4. The molecule has 0 amide bonds. The molecular weight excluding hydrogens is 348 g/mol. The molecule has 0 saturated heterocycles. The minimum atomic E-state index is -3.32. The van der Waals surface area contributed by atoms with E-state index in [0.717, 1.165) is 23.9 Å². The van der Waals surface area contributed by atoms with Gasteiger partial charge in [0.15, 0.2) is 5.96 Å². The maximum Gasteiger partial charge on any atom is 0.229 e. The lowest BCUT2D eigenvalue weighted by Gasteiger charge is -2.14. The first kappa shape index (κ1) is 19.8. The molecule has 0 unspecified atom stereocenters. The molecule has 140 valence electrons. The Morgan fingerprint density at radius 2 is 1.85 bits per heavy atom. The number of rotatable bonds is 7. The van der Waals surface area contributed by atoms with Crippen molar-refractivity contribution < 1.29 is 8.42 Å². The molecule has 0 radical (unpaired) electrons. The maximum atomic E-state index is 11.5. The molecule has 3 N–H and O–H groups in total. The molecule has 0 spiro atoms. The summed E-state index contributed by atoms with van der Waals surface area (Å²) in [5.74, 6) is 0.683. The molecule has 2 aromatic carbocycles. The van der Waals surface area contributed by atoms with Crippen molar-refractivity contribution in [3.05, 3.63) is 65.2 Å². The van der Waals surface area contributed by atoms with Crippen molar-refractivity contribution in [3.8, 4) is 0 Å². The number of para-hydroxylation sites is 1. The summed E-state index contributed by atoms with van der Waals surface area (Å²) in [4.78, 5) is 4.60. The summed E-state index contributed by atoms with van der Waals surface area (Å²) in [6.07, 6.45) is 1.14. The van der Waals surface area contributed by atoms with Crippen LogP contribution in [0.5, 0.6) is 0 Å². The Bertz CT molecular complexity index is 863. The lowest BCUT2D eigenvalue weighted by molar-refractivity contribution is 0.606. The van der Waals surface area contributed by atoms with E-state index in [1.54, 1.807) is 12.1 Å². The SMILES string of the molecule is CCNC(=NCc1cccc(C)c1)NCc1ccccc1NS(C)(=O)=O. The smallest absolute Gasteiger partial charge is 0.229 e. The van der Waals surface area contributed by atoms with Crippen LogP contribution in [0.1, 0.15) is 23.6 Å². The molecule has 26 heavy (non-hydrogen) atoms. The van der Waals surface area contributed by atoms with E-state index in [0.29, 0.717) is 24.7 Å².